The molecule has 5 rings (SSSR count). The van der Waals surface area contributed by atoms with E-state index in [2.05, 4.69) is 25.3 Å². The summed E-state index contributed by atoms with van der Waals surface area (Å²) in [4.78, 5) is 52.0. The molecular weight excluding hydrogens is 536 g/mol. The summed E-state index contributed by atoms with van der Waals surface area (Å²) in [6.07, 6.45) is 7.53. The molecule has 0 spiro atoms. The molecule has 2 amide bonds. The maximum atomic E-state index is 13.1. The van der Waals surface area contributed by atoms with Gasteiger partial charge in [0.05, 0.1) is 0 Å². The fourth-order valence-electron chi connectivity index (χ4n) is 4.23. The second-order valence-corrected chi connectivity index (χ2v) is 10.5. The van der Waals surface area contributed by atoms with E-state index in [-0.39, 0.29) is 28.9 Å². The Labute approximate surface area is 225 Å². The van der Waals surface area contributed by atoms with Crippen LogP contribution in [-0.2, 0) is 19.2 Å². The number of hydrogen-bond donors (Lipinski definition) is 4. The number of amides is 2. The summed E-state index contributed by atoms with van der Waals surface area (Å²) in [5, 5.41) is 17.7. The predicted octanol–water partition coefficient (Wildman–Crippen LogP) is -0.939. The first-order valence-electron chi connectivity index (χ1n) is 11.2. The number of rotatable bonds is 8. The molecule has 0 aromatic carbocycles. The summed E-state index contributed by atoms with van der Waals surface area (Å²) in [7, 11) is 5.10. The van der Waals surface area contributed by atoms with Crippen molar-refractivity contribution in [1.29, 1.82) is 0 Å². The monoisotopic (exact) mass is 560 g/mol. The molecule has 1 aromatic rings. The minimum Gasteiger partial charge on any atom is -0.477 e. The van der Waals surface area contributed by atoms with Crippen molar-refractivity contribution in [1.82, 2.24) is 39.8 Å². The largest absolute Gasteiger partial charge is 0.477 e. The summed E-state index contributed by atoms with van der Waals surface area (Å²) in [5.41, 5.74) is 9.11. The lowest BCUT2D eigenvalue weighted by Crippen LogP contribution is -2.71. The van der Waals surface area contributed by atoms with E-state index >= 15 is 0 Å². The molecule has 4 aliphatic heterocycles. The minimum atomic E-state index is -1.21. The standard InChI is InChI=1S/C21H24N10O5S2/c1-28(2)11-4-5-12-29(6-7-30(12)25-11)8-10-9-37-19-14(18(33)31(19)15(10)20(34)35)23-17(32)13(26-36-3)16-24-21(22)38-27-16/h4-7,14,19,25H,8-9H2,1-3H3,(H,23,32)(H,34,35)(H2,22,24,27)/b26-13-/t14-,19+/m1/s1. The topological polar surface area (TPSA) is 182 Å². The zero-order valence-electron chi connectivity index (χ0n) is 20.5. The normalized spacial score (nSPS) is 22.2. The summed E-state index contributed by atoms with van der Waals surface area (Å²) >= 11 is 2.25. The van der Waals surface area contributed by atoms with Gasteiger partial charge in [-0.15, -0.1) is 11.8 Å². The van der Waals surface area contributed by atoms with E-state index in [0.717, 1.165) is 23.2 Å². The molecule has 0 aliphatic carbocycles. The molecule has 0 radical (unpaired) electrons. The number of nitrogens with two attached hydrogens (primary N) is 1. The summed E-state index contributed by atoms with van der Waals surface area (Å²) in [5.74, 6) is -0.447. The van der Waals surface area contributed by atoms with E-state index in [9.17, 15) is 19.5 Å². The lowest BCUT2D eigenvalue weighted by Gasteiger charge is -2.49. The molecule has 1 aromatic heterocycles. The Morgan fingerprint density at radius 1 is 1.37 bits per heavy atom. The second kappa shape index (κ2) is 9.90. The molecule has 0 bridgehead atoms. The van der Waals surface area contributed by atoms with E-state index in [1.54, 1.807) is 0 Å². The molecular formula is C21H24N10O5S2. The van der Waals surface area contributed by atoms with Crippen LogP contribution in [0.3, 0.4) is 0 Å². The van der Waals surface area contributed by atoms with Gasteiger partial charge in [0, 0.05) is 50.3 Å². The van der Waals surface area contributed by atoms with Crippen molar-refractivity contribution in [3.63, 3.8) is 0 Å². The number of carboxylic acid groups (broad SMARTS) is 1. The summed E-state index contributed by atoms with van der Waals surface area (Å²) in [6.45, 7) is 0.273. The number of carbonyl (C=O) groups excluding carboxylic acids is 2. The van der Waals surface area contributed by atoms with Gasteiger partial charge in [0.15, 0.2) is 5.13 Å². The average Bonchev–Trinajstić information content (AvgIpc) is 3.50. The highest BCUT2D eigenvalue weighted by atomic mass is 32.2. The van der Waals surface area contributed by atoms with Crippen LogP contribution in [-0.4, -0.2) is 103 Å². The van der Waals surface area contributed by atoms with Gasteiger partial charge in [0.2, 0.25) is 11.5 Å². The van der Waals surface area contributed by atoms with Crippen LogP contribution in [0.5, 0.6) is 0 Å². The van der Waals surface area contributed by atoms with Crippen molar-refractivity contribution in [2.45, 2.75) is 11.4 Å². The number of hydrogen-bond acceptors (Lipinski definition) is 14. The quantitative estimate of drug-likeness (QED) is 0.174. The van der Waals surface area contributed by atoms with Crippen LogP contribution in [0.2, 0.25) is 0 Å². The number of anilines is 1. The Bertz CT molecular complexity index is 1350. The van der Waals surface area contributed by atoms with E-state index in [1.165, 1.54) is 23.8 Å². The van der Waals surface area contributed by atoms with Gasteiger partial charge < -0.3 is 30.8 Å². The SMILES string of the molecule is CO/N=C(\C(=O)N[C@@H]1C(=O)N2C(C(=O)O)=C(CN3C=CN4NC(N(C)C)=CC=C34)CS[C@@H]12)c1nsc(N)n1. The number of nitrogen functional groups attached to an aromatic ring is 1. The first kappa shape index (κ1) is 25.4. The zero-order chi connectivity index (χ0) is 27.1. The molecule has 38 heavy (non-hydrogen) atoms. The van der Waals surface area contributed by atoms with Crippen molar-refractivity contribution in [3.8, 4) is 0 Å². The number of thioether (sulfide) groups is 1. The number of carboxylic acids is 1. The molecule has 17 heteroatoms. The Kier molecular flexibility index (Phi) is 6.62. The van der Waals surface area contributed by atoms with Crippen LogP contribution in [0.15, 0.2) is 52.6 Å². The molecule has 1 saturated heterocycles. The molecule has 0 unspecified atom stereocenters. The number of aromatic nitrogens is 2. The number of oxime groups is 1. The molecule has 0 saturated carbocycles. The van der Waals surface area contributed by atoms with Crippen molar-refractivity contribution >= 4 is 51.9 Å². The van der Waals surface area contributed by atoms with E-state index in [1.807, 2.05) is 53.5 Å². The van der Waals surface area contributed by atoms with Crippen LogP contribution in [0.25, 0.3) is 0 Å². The second-order valence-electron chi connectivity index (χ2n) is 8.58. The lowest BCUT2D eigenvalue weighted by atomic mass is 10.0. The maximum absolute atomic E-state index is 13.1. The van der Waals surface area contributed by atoms with E-state index in [0.29, 0.717) is 11.3 Å². The fraction of sp³-hybridized carbons (Fsp3) is 0.333. The van der Waals surface area contributed by atoms with Crippen LogP contribution >= 0.6 is 23.3 Å². The van der Waals surface area contributed by atoms with Crippen LogP contribution in [0, 0.1) is 0 Å². The number of fused-ring (bicyclic) bond motifs is 2. The summed E-state index contributed by atoms with van der Waals surface area (Å²) in [6, 6.07) is -0.955. The molecule has 2 atom stereocenters. The van der Waals surface area contributed by atoms with Gasteiger partial charge >= 0.3 is 5.97 Å². The average molecular weight is 561 g/mol. The van der Waals surface area contributed by atoms with E-state index in [4.69, 9.17) is 10.6 Å². The van der Waals surface area contributed by atoms with Crippen LogP contribution in [0.4, 0.5) is 5.13 Å². The first-order valence-corrected chi connectivity index (χ1v) is 13.0. The van der Waals surface area contributed by atoms with Gasteiger partial charge in [0.25, 0.3) is 11.8 Å². The Morgan fingerprint density at radius 3 is 2.82 bits per heavy atom. The van der Waals surface area contributed by atoms with Gasteiger partial charge in [-0.05, 0) is 17.7 Å². The fourth-order valence-corrected chi connectivity index (χ4v) is 6.00. The summed E-state index contributed by atoms with van der Waals surface area (Å²) < 4.78 is 3.96. The highest BCUT2D eigenvalue weighted by Gasteiger charge is 2.54. The number of aliphatic carboxylic acids is 1. The number of nitrogens with one attached hydrogen (secondary N) is 2. The van der Waals surface area contributed by atoms with Crippen molar-refractivity contribution < 1.29 is 24.3 Å². The Balaban J connectivity index is 1.32. The van der Waals surface area contributed by atoms with Gasteiger partial charge in [0.1, 0.15) is 35.9 Å². The third-order valence-electron chi connectivity index (χ3n) is 5.99. The smallest absolute Gasteiger partial charge is 0.352 e. The number of β-lactam (4-membered cyclic amide) rings is 1. The minimum absolute atomic E-state index is 0.0352. The van der Waals surface area contributed by atoms with Gasteiger partial charge in [-0.3, -0.25) is 19.9 Å². The molecule has 15 nitrogen and oxygen atoms in total. The number of carbonyl (C=O) groups is 3. The number of allylic oxidation sites excluding steroid dienone is 2. The van der Waals surface area contributed by atoms with Gasteiger partial charge in [-0.2, -0.15) is 9.36 Å². The van der Waals surface area contributed by atoms with Crippen LogP contribution in [0.1, 0.15) is 5.82 Å². The Morgan fingerprint density at radius 2 is 2.16 bits per heavy atom. The Hall–Kier alpha value is -4.25. The number of nitrogens with zero attached hydrogens (tertiary/aromatic N) is 7. The van der Waals surface area contributed by atoms with Crippen molar-refractivity contribution in [2.24, 2.45) is 5.16 Å². The first-order chi connectivity index (χ1) is 18.2. The van der Waals surface area contributed by atoms with Gasteiger partial charge in [-0.25, -0.2) is 9.80 Å². The zero-order valence-corrected chi connectivity index (χ0v) is 22.1. The van der Waals surface area contributed by atoms with E-state index < -0.39 is 29.2 Å². The number of hydrazine groups is 1. The highest BCUT2D eigenvalue weighted by molar-refractivity contribution is 8.00. The predicted molar refractivity (Wildman–Crippen MR) is 138 cm³/mol. The molecule has 4 aliphatic rings. The molecule has 1 fully saturated rings. The maximum Gasteiger partial charge on any atom is 0.352 e. The van der Waals surface area contributed by atoms with Crippen LogP contribution < -0.4 is 16.5 Å². The molecule has 200 valence electrons. The highest BCUT2D eigenvalue weighted by Crippen LogP contribution is 2.41. The molecule has 5 N–H and O–H groups in total. The lowest BCUT2D eigenvalue weighted by molar-refractivity contribution is -0.150. The van der Waals surface area contributed by atoms with Gasteiger partial charge in [-0.1, -0.05) is 5.16 Å². The third-order valence-corrected chi connectivity index (χ3v) is 7.87. The third kappa shape index (κ3) is 4.38. The van der Waals surface area contributed by atoms with Crippen molar-refractivity contribution in [2.75, 3.05) is 39.2 Å². The van der Waals surface area contributed by atoms with Crippen molar-refractivity contribution in [3.05, 3.63) is 53.3 Å². The molecule has 5 heterocycles.